The third-order valence-corrected chi connectivity index (χ3v) is 3.04. The summed E-state index contributed by atoms with van der Waals surface area (Å²) in [7, 11) is 3.28. The quantitative estimate of drug-likeness (QED) is 0.748. The summed E-state index contributed by atoms with van der Waals surface area (Å²) in [5.74, 6) is 5.15. The number of rotatable bonds is 3. The molecule has 6 heteroatoms. The zero-order valence-electron chi connectivity index (χ0n) is 10.3. The number of hydrogen-bond acceptors (Lipinski definition) is 4. The van der Waals surface area contributed by atoms with Crippen molar-refractivity contribution in [3.05, 3.63) is 21.9 Å². The number of hydrogen-bond donors (Lipinski definition) is 2. The first kappa shape index (κ1) is 14.2. The Kier molecular flexibility index (Phi) is 5.36. The maximum atomic E-state index is 11.7. The lowest BCUT2D eigenvalue weighted by molar-refractivity contribution is -0.127. The van der Waals surface area contributed by atoms with E-state index in [9.17, 15) is 9.59 Å². The van der Waals surface area contributed by atoms with Crippen molar-refractivity contribution in [2.24, 2.45) is 5.73 Å². The molecule has 0 saturated heterocycles. The van der Waals surface area contributed by atoms with Crippen LogP contribution in [0.25, 0.3) is 0 Å². The molecule has 0 aliphatic carbocycles. The van der Waals surface area contributed by atoms with Crippen LogP contribution >= 0.6 is 11.3 Å². The molecule has 1 aromatic heterocycles. The molecule has 3 N–H and O–H groups in total. The van der Waals surface area contributed by atoms with Crippen LogP contribution in [0.3, 0.4) is 0 Å². The second-order valence-corrected chi connectivity index (χ2v) is 4.72. The highest BCUT2D eigenvalue weighted by Gasteiger charge is 2.10. The minimum absolute atomic E-state index is 0.00640. The van der Waals surface area contributed by atoms with Gasteiger partial charge in [-0.05, 0) is 12.1 Å². The Hall–Kier alpha value is -1.84. The molecular weight excluding hydrogens is 250 g/mol. The molecule has 0 radical (unpaired) electrons. The minimum atomic E-state index is -0.268. The molecule has 0 fully saturated rings. The number of amides is 2. The number of carbonyl (C=O) groups is 2. The Bertz CT molecular complexity index is 497. The van der Waals surface area contributed by atoms with Crippen LogP contribution in [0.2, 0.25) is 0 Å². The van der Waals surface area contributed by atoms with Crippen LogP contribution < -0.4 is 11.1 Å². The van der Waals surface area contributed by atoms with Crippen LogP contribution in [-0.2, 0) is 4.79 Å². The van der Waals surface area contributed by atoms with E-state index in [-0.39, 0.29) is 24.9 Å². The van der Waals surface area contributed by atoms with Crippen molar-refractivity contribution in [3.63, 3.8) is 0 Å². The van der Waals surface area contributed by atoms with Crippen molar-refractivity contribution < 1.29 is 9.59 Å². The van der Waals surface area contributed by atoms with Gasteiger partial charge in [-0.2, -0.15) is 0 Å². The number of thiophene rings is 1. The fourth-order valence-corrected chi connectivity index (χ4v) is 1.86. The van der Waals surface area contributed by atoms with Gasteiger partial charge in [0.1, 0.15) is 0 Å². The predicted octanol–water partition coefficient (Wildman–Crippen LogP) is -0.124. The van der Waals surface area contributed by atoms with E-state index in [4.69, 9.17) is 5.73 Å². The highest BCUT2D eigenvalue weighted by atomic mass is 32.1. The molecule has 0 bridgehead atoms. The Morgan fingerprint density at radius 2 is 2.17 bits per heavy atom. The van der Waals surface area contributed by atoms with Gasteiger partial charge in [0.2, 0.25) is 5.91 Å². The lowest BCUT2D eigenvalue weighted by Gasteiger charge is -2.10. The summed E-state index contributed by atoms with van der Waals surface area (Å²) in [6, 6.07) is 3.44. The maximum absolute atomic E-state index is 11.7. The lowest BCUT2D eigenvalue weighted by atomic mass is 10.4. The van der Waals surface area contributed by atoms with Gasteiger partial charge in [0.05, 0.1) is 22.8 Å². The number of nitrogens with two attached hydrogens (primary N) is 1. The fraction of sp³-hybridized carbons (Fsp3) is 0.333. The third kappa shape index (κ3) is 4.20. The van der Waals surface area contributed by atoms with Crippen molar-refractivity contribution in [3.8, 4) is 11.8 Å². The standard InChI is InChI=1S/C12H15N3O2S/c1-15(2)11(16)8-14-12(17)10-6-5-9(18-10)4-3-7-13/h5-6H,7-8,13H2,1-2H3,(H,14,17). The summed E-state index contributed by atoms with van der Waals surface area (Å²) < 4.78 is 0. The van der Waals surface area contributed by atoms with Crippen molar-refractivity contribution in [1.82, 2.24) is 10.2 Å². The molecule has 0 saturated carbocycles. The predicted molar refractivity (Wildman–Crippen MR) is 71.3 cm³/mol. The van der Waals surface area contributed by atoms with Crippen LogP contribution in [0.1, 0.15) is 14.5 Å². The van der Waals surface area contributed by atoms with Crippen LogP contribution in [0.4, 0.5) is 0 Å². The normalized spacial score (nSPS) is 9.28. The molecule has 5 nitrogen and oxygen atoms in total. The zero-order valence-corrected chi connectivity index (χ0v) is 11.1. The van der Waals surface area contributed by atoms with Gasteiger partial charge >= 0.3 is 0 Å². The van der Waals surface area contributed by atoms with Crippen molar-refractivity contribution in [2.75, 3.05) is 27.2 Å². The molecule has 18 heavy (non-hydrogen) atoms. The summed E-state index contributed by atoms with van der Waals surface area (Å²) in [5, 5.41) is 2.56. The van der Waals surface area contributed by atoms with Crippen molar-refractivity contribution in [2.45, 2.75) is 0 Å². The maximum Gasteiger partial charge on any atom is 0.261 e. The summed E-state index contributed by atoms with van der Waals surface area (Å²) >= 11 is 1.27. The number of nitrogens with one attached hydrogen (secondary N) is 1. The summed E-state index contributed by atoms with van der Waals surface area (Å²) in [5.41, 5.74) is 5.26. The van der Waals surface area contributed by atoms with Gasteiger partial charge in [0.15, 0.2) is 0 Å². The molecule has 1 heterocycles. The van der Waals surface area contributed by atoms with Gasteiger partial charge in [0.25, 0.3) is 5.91 Å². The molecule has 0 aromatic carbocycles. The van der Waals surface area contributed by atoms with Crippen molar-refractivity contribution in [1.29, 1.82) is 0 Å². The molecule has 1 aromatic rings. The first-order valence-electron chi connectivity index (χ1n) is 5.31. The van der Waals surface area contributed by atoms with E-state index < -0.39 is 0 Å². The number of likely N-dealkylation sites (N-methyl/N-ethyl adjacent to an activating group) is 1. The molecule has 0 unspecified atom stereocenters. The van der Waals surface area contributed by atoms with Crippen LogP contribution in [0.15, 0.2) is 12.1 Å². The second kappa shape index (κ2) is 6.79. The van der Waals surface area contributed by atoms with Gasteiger partial charge in [0, 0.05) is 14.1 Å². The first-order chi connectivity index (χ1) is 8.54. The SMILES string of the molecule is CN(C)C(=O)CNC(=O)c1ccc(C#CCN)s1. The Balaban J connectivity index is 2.57. The molecular formula is C12H15N3O2S. The van der Waals surface area contributed by atoms with E-state index in [0.717, 1.165) is 4.88 Å². The average molecular weight is 265 g/mol. The summed E-state index contributed by atoms with van der Waals surface area (Å²) in [6.45, 7) is 0.282. The molecule has 0 aliphatic heterocycles. The van der Waals surface area contributed by atoms with Crippen LogP contribution in [-0.4, -0.2) is 43.9 Å². The molecule has 1 rings (SSSR count). The number of carbonyl (C=O) groups excluding carboxylic acids is 2. The van der Waals surface area contributed by atoms with Gasteiger partial charge in [-0.3, -0.25) is 9.59 Å². The molecule has 0 aliphatic rings. The minimum Gasteiger partial charge on any atom is -0.347 e. The van der Waals surface area contributed by atoms with E-state index in [1.807, 2.05) is 0 Å². The molecule has 0 spiro atoms. The Morgan fingerprint density at radius 3 is 2.78 bits per heavy atom. The highest BCUT2D eigenvalue weighted by Crippen LogP contribution is 2.14. The van der Waals surface area contributed by atoms with E-state index in [1.165, 1.54) is 16.2 Å². The highest BCUT2D eigenvalue weighted by molar-refractivity contribution is 7.14. The van der Waals surface area contributed by atoms with Crippen LogP contribution in [0.5, 0.6) is 0 Å². The monoisotopic (exact) mass is 265 g/mol. The molecule has 0 atom stereocenters. The Labute approximate surface area is 110 Å². The zero-order chi connectivity index (χ0) is 13.5. The number of nitrogens with zero attached hydrogens (tertiary/aromatic N) is 1. The van der Waals surface area contributed by atoms with Gasteiger partial charge in [-0.15, -0.1) is 11.3 Å². The molecule has 2 amide bonds. The smallest absolute Gasteiger partial charge is 0.261 e. The van der Waals surface area contributed by atoms with E-state index in [1.54, 1.807) is 26.2 Å². The molecule has 96 valence electrons. The summed E-state index contributed by atoms with van der Waals surface area (Å²) in [4.78, 5) is 25.8. The lowest BCUT2D eigenvalue weighted by Crippen LogP contribution is -2.35. The summed E-state index contributed by atoms with van der Waals surface area (Å²) in [6.07, 6.45) is 0. The van der Waals surface area contributed by atoms with E-state index in [2.05, 4.69) is 17.2 Å². The van der Waals surface area contributed by atoms with Gasteiger partial charge in [-0.1, -0.05) is 11.8 Å². The van der Waals surface area contributed by atoms with Gasteiger partial charge < -0.3 is 16.0 Å². The van der Waals surface area contributed by atoms with E-state index in [0.29, 0.717) is 4.88 Å². The van der Waals surface area contributed by atoms with Gasteiger partial charge in [-0.25, -0.2) is 0 Å². The second-order valence-electron chi connectivity index (χ2n) is 3.64. The topological polar surface area (TPSA) is 75.4 Å². The van der Waals surface area contributed by atoms with E-state index >= 15 is 0 Å². The van der Waals surface area contributed by atoms with Crippen LogP contribution in [0, 0.1) is 11.8 Å². The fourth-order valence-electron chi connectivity index (χ4n) is 1.07. The van der Waals surface area contributed by atoms with Crippen molar-refractivity contribution >= 4 is 23.2 Å². The Morgan fingerprint density at radius 1 is 1.44 bits per heavy atom. The third-order valence-electron chi connectivity index (χ3n) is 2.04. The largest absolute Gasteiger partial charge is 0.347 e. The first-order valence-corrected chi connectivity index (χ1v) is 6.13. The average Bonchev–Trinajstić information content (AvgIpc) is 2.81.